The van der Waals surface area contributed by atoms with Gasteiger partial charge in [0.2, 0.25) is 0 Å². The Bertz CT molecular complexity index is 302. The Kier molecular flexibility index (Phi) is 3.03. The number of amides is 2. The fourth-order valence-electron chi connectivity index (χ4n) is 2.15. The highest BCUT2D eigenvalue weighted by atomic mass is 16.4. The predicted molar refractivity (Wildman–Crippen MR) is 58.0 cm³/mol. The number of carboxylic acids is 1. The van der Waals surface area contributed by atoms with E-state index in [1.807, 2.05) is 0 Å². The van der Waals surface area contributed by atoms with Crippen LogP contribution in [0.4, 0.5) is 4.79 Å². The molecule has 0 bridgehead atoms. The molecule has 2 atom stereocenters. The molecule has 1 saturated heterocycles. The first-order chi connectivity index (χ1) is 7.58. The second-order valence-electron chi connectivity index (χ2n) is 4.94. The van der Waals surface area contributed by atoms with Crippen molar-refractivity contribution >= 4 is 12.0 Å². The van der Waals surface area contributed by atoms with Gasteiger partial charge in [-0.05, 0) is 31.1 Å². The molecule has 1 saturated carbocycles. The molecular formula is C11H18N2O3. The maximum Gasteiger partial charge on any atom is 0.326 e. The second kappa shape index (κ2) is 4.31. The average Bonchev–Trinajstić information content (AvgIpc) is 2.96. The number of carbonyl (C=O) groups excluding carboxylic acids is 1. The number of hydrogen-bond donors (Lipinski definition) is 2. The highest BCUT2D eigenvalue weighted by Gasteiger charge is 2.38. The van der Waals surface area contributed by atoms with Gasteiger partial charge in [0.1, 0.15) is 6.04 Å². The summed E-state index contributed by atoms with van der Waals surface area (Å²) >= 11 is 0. The van der Waals surface area contributed by atoms with Gasteiger partial charge in [-0.15, -0.1) is 0 Å². The highest BCUT2D eigenvalue weighted by Crippen LogP contribution is 2.32. The summed E-state index contributed by atoms with van der Waals surface area (Å²) in [4.78, 5) is 24.5. The van der Waals surface area contributed by atoms with Crippen LogP contribution in [0.1, 0.15) is 26.2 Å². The van der Waals surface area contributed by atoms with E-state index in [2.05, 4.69) is 12.2 Å². The molecule has 0 radical (unpaired) electrons. The van der Waals surface area contributed by atoms with E-state index in [1.54, 1.807) is 4.90 Å². The van der Waals surface area contributed by atoms with Crippen LogP contribution in [-0.2, 0) is 4.79 Å². The molecule has 2 aliphatic rings. The van der Waals surface area contributed by atoms with Crippen molar-refractivity contribution < 1.29 is 14.7 Å². The molecule has 1 aliphatic carbocycles. The Hall–Kier alpha value is -1.26. The van der Waals surface area contributed by atoms with Crippen LogP contribution in [0.2, 0.25) is 0 Å². The van der Waals surface area contributed by atoms with E-state index in [0.717, 1.165) is 32.4 Å². The summed E-state index contributed by atoms with van der Waals surface area (Å²) in [5.74, 6) is -0.250. The molecule has 90 valence electrons. The van der Waals surface area contributed by atoms with E-state index in [-0.39, 0.29) is 11.9 Å². The highest BCUT2D eigenvalue weighted by molar-refractivity contribution is 5.83. The standard InChI is InChI=1S/C11H18N2O3/c1-7-4-5-13(6-7)11(16)12-9(10(14)15)8-2-3-8/h7-9H,2-6H2,1H3,(H,12,16)(H,14,15). The van der Waals surface area contributed by atoms with Crippen LogP contribution < -0.4 is 5.32 Å². The topological polar surface area (TPSA) is 69.6 Å². The van der Waals surface area contributed by atoms with Crippen molar-refractivity contribution in [3.05, 3.63) is 0 Å². The monoisotopic (exact) mass is 226 g/mol. The number of urea groups is 1. The third-order valence-electron chi connectivity index (χ3n) is 3.35. The lowest BCUT2D eigenvalue weighted by Crippen LogP contribution is -2.48. The molecule has 5 heteroatoms. The van der Waals surface area contributed by atoms with E-state index in [0.29, 0.717) is 5.92 Å². The minimum Gasteiger partial charge on any atom is -0.480 e. The lowest BCUT2D eigenvalue weighted by molar-refractivity contribution is -0.139. The van der Waals surface area contributed by atoms with E-state index in [9.17, 15) is 9.59 Å². The Morgan fingerprint density at radius 2 is 2.06 bits per heavy atom. The largest absolute Gasteiger partial charge is 0.480 e. The van der Waals surface area contributed by atoms with Crippen LogP contribution in [0.5, 0.6) is 0 Å². The molecule has 2 amide bonds. The lowest BCUT2D eigenvalue weighted by atomic mass is 10.2. The van der Waals surface area contributed by atoms with Crippen molar-refractivity contribution in [2.24, 2.45) is 11.8 Å². The summed E-state index contributed by atoms with van der Waals surface area (Å²) in [7, 11) is 0. The Morgan fingerprint density at radius 1 is 1.38 bits per heavy atom. The lowest BCUT2D eigenvalue weighted by Gasteiger charge is -2.20. The zero-order valence-electron chi connectivity index (χ0n) is 9.48. The van der Waals surface area contributed by atoms with E-state index in [1.165, 1.54) is 0 Å². The Morgan fingerprint density at radius 3 is 2.50 bits per heavy atom. The first-order valence-corrected chi connectivity index (χ1v) is 5.86. The van der Waals surface area contributed by atoms with Gasteiger partial charge in [-0.3, -0.25) is 0 Å². The predicted octanol–water partition coefficient (Wildman–Crippen LogP) is 0.901. The quantitative estimate of drug-likeness (QED) is 0.751. The zero-order chi connectivity index (χ0) is 11.7. The molecule has 16 heavy (non-hydrogen) atoms. The van der Waals surface area contributed by atoms with Crippen LogP contribution in [-0.4, -0.2) is 41.1 Å². The fourth-order valence-corrected chi connectivity index (χ4v) is 2.15. The second-order valence-corrected chi connectivity index (χ2v) is 4.94. The normalized spacial score (nSPS) is 26.6. The van der Waals surface area contributed by atoms with Crippen molar-refractivity contribution in [3.8, 4) is 0 Å². The molecule has 2 fully saturated rings. The van der Waals surface area contributed by atoms with Gasteiger partial charge in [0.15, 0.2) is 0 Å². The van der Waals surface area contributed by atoms with Crippen molar-refractivity contribution in [3.63, 3.8) is 0 Å². The molecule has 5 nitrogen and oxygen atoms in total. The molecule has 1 heterocycles. The van der Waals surface area contributed by atoms with E-state index < -0.39 is 12.0 Å². The number of likely N-dealkylation sites (tertiary alicyclic amines) is 1. The number of nitrogens with zero attached hydrogens (tertiary/aromatic N) is 1. The minimum absolute atomic E-state index is 0.140. The number of hydrogen-bond acceptors (Lipinski definition) is 2. The van der Waals surface area contributed by atoms with Gasteiger partial charge < -0.3 is 15.3 Å². The summed E-state index contributed by atoms with van der Waals surface area (Å²) in [6, 6.07) is -0.910. The van der Waals surface area contributed by atoms with Crippen LogP contribution in [0.3, 0.4) is 0 Å². The summed E-state index contributed by atoms with van der Waals surface area (Å²) in [5.41, 5.74) is 0. The molecule has 2 N–H and O–H groups in total. The summed E-state index contributed by atoms with van der Waals surface area (Å²) in [6.45, 7) is 3.58. The Labute approximate surface area is 94.8 Å². The number of rotatable bonds is 3. The van der Waals surface area contributed by atoms with Crippen molar-refractivity contribution in [1.29, 1.82) is 0 Å². The van der Waals surface area contributed by atoms with Crippen molar-refractivity contribution in [1.82, 2.24) is 10.2 Å². The molecule has 0 aromatic carbocycles. The Balaban J connectivity index is 1.87. The van der Waals surface area contributed by atoms with Gasteiger partial charge in [-0.25, -0.2) is 9.59 Å². The number of carboxylic acid groups (broad SMARTS) is 1. The van der Waals surface area contributed by atoms with Crippen LogP contribution >= 0.6 is 0 Å². The number of carbonyl (C=O) groups is 2. The smallest absolute Gasteiger partial charge is 0.326 e. The summed E-state index contributed by atoms with van der Waals surface area (Å²) < 4.78 is 0. The van der Waals surface area contributed by atoms with Gasteiger partial charge in [0, 0.05) is 13.1 Å². The maximum atomic E-state index is 11.8. The van der Waals surface area contributed by atoms with Gasteiger partial charge in [-0.1, -0.05) is 6.92 Å². The summed E-state index contributed by atoms with van der Waals surface area (Å²) in [5, 5.41) is 11.6. The van der Waals surface area contributed by atoms with E-state index in [4.69, 9.17) is 5.11 Å². The van der Waals surface area contributed by atoms with Gasteiger partial charge in [-0.2, -0.15) is 0 Å². The van der Waals surface area contributed by atoms with Gasteiger partial charge >= 0.3 is 12.0 Å². The SMILES string of the molecule is CC1CCN(C(=O)NC(C(=O)O)C2CC2)C1. The number of aliphatic carboxylic acids is 1. The van der Waals surface area contributed by atoms with E-state index >= 15 is 0 Å². The van der Waals surface area contributed by atoms with Gasteiger partial charge in [0.05, 0.1) is 0 Å². The molecule has 0 spiro atoms. The van der Waals surface area contributed by atoms with Crippen LogP contribution in [0.15, 0.2) is 0 Å². The molecular weight excluding hydrogens is 208 g/mol. The average molecular weight is 226 g/mol. The molecule has 1 aliphatic heterocycles. The maximum absolute atomic E-state index is 11.8. The summed E-state index contributed by atoms with van der Waals surface area (Å²) in [6.07, 6.45) is 2.83. The van der Waals surface area contributed by atoms with Crippen molar-refractivity contribution in [2.75, 3.05) is 13.1 Å². The molecule has 2 unspecified atom stereocenters. The third-order valence-corrected chi connectivity index (χ3v) is 3.35. The molecule has 0 aromatic rings. The minimum atomic E-state index is -0.914. The molecule has 2 rings (SSSR count). The third kappa shape index (κ3) is 2.46. The first-order valence-electron chi connectivity index (χ1n) is 5.86. The zero-order valence-corrected chi connectivity index (χ0v) is 9.48. The van der Waals surface area contributed by atoms with Crippen molar-refractivity contribution in [2.45, 2.75) is 32.2 Å². The van der Waals surface area contributed by atoms with Gasteiger partial charge in [0.25, 0.3) is 0 Å². The van der Waals surface area contributed by atoms with Crippen LogP contribution in [0, 0.1) is 11.8 Å². The first kappa shape index (κ1) is 11.2. The van der Waals surface area contributed by atoms with Crippen LogP contribution in [0.25, 0.3) is 0 Å². The number of nitrogens with one attached hydrogen (secondary N) is 1. The fraction of sp³-hybridized carbons (Fsp3) is 0.818. The molecule has 0 aromatic heterocycles.